The molecule has 1 N–H and O–H groups in total. The van der Waals surface area contributed by atoms with Crippen molar-refractivity contribution in [1.29, 1.82) is 0 Å². The van der Waals surface area contributed by atoms with Gasteiger partial charge in [0, 0.05) is 11.5 Å². The van der Waals surface area contributed by atoms with E-state index >= 15 is 0 Å². The minimum Gasteiger partial charge on any atom is -0.439 e. The van der Waals surface area contributed by atoms with Crippen molar-refractivity contribution in [3.63, 3.8) is 0 Å². The van der Waals surface area contributed by atoms with E-state index in [2.05, 4.69) is 20.4 Å². The summed E-state index contributed by atoms with van der Waals surface area (Å²) in [7, 11) is 0. The first-order valence-electron chi connectivity index (χ1n) is 7.86. The first-order valence-corrected chi connectivity index (χ1v) is 7.86. The Balaban J connectivity index is 1.38. The topological polar surface area (TPSA) is 77.0 Å². The molecule has 3 aromatic rings. The molecule has 1 unspecified atom stereocenters. The molecule has 1 fully saturated rings. The largest absolute Gasteiger partial charge is 0.439 e. The smallest absolute Gasteiger partial charge is 0.229 e. The molecule has 0 bridgehead atoms. The third-order valence-corrected chi connectivity index (χ3v) is 3.93. The van der Waals surface area contributed by atoms with Gasteiger partial charge in [0.15, 0.2) is 11.6 Å². The molecule has 4 rings (SSSR count). The molecule has 1 atom stereocenters. The van der Waals surface area contributed by atoms with Crippen molar-refractivity contribution < 1.29 is 8.94 Å². The fraction of sp³-hybridized carbons (Fsp3) is 0.353. The van der Waals surface area contributed by atoms with Crippen LogP contribution in [0.2, 0.25) is 0 Å². The predicted molar refractivity (Wildman–Crippen MR) is 83.5 cm³/mol. The Morgan fingerprint density at radius 3 is 2.87 bits per heavy atom. The molecule has 1 saturated carbocycles. The van der Waals surface area contributed by atoms with Gasteiger partial charge in [0.05, 0.1) is 18.8 Å². The summed E-state index contributed by atoms with van der Waals surface area (Å²) in [5.41, 5.74) is 1.02. The highest BCUT2D eigenvalue weighted by Gasteiger charge is 2.29. The lowest BCUT2D eigenvalue weighted by Gasteiger charge is -2.07. The van der Waals surface area contributed by atoms with Crippen LogP contribution in [-0.4, -0.2) is 15.1 Å². The van der Waals surface area contributed by atoms with Crippen LogP contribution in [0, 0.1) is 0 Å². The quantitative estimate of drug-likeness (QED) is 0.751. The number of hydrogen-bond acceptors (Lipinski definition) is 6. The zero-order valence-corrected chi connectivity index (χ0v) is 12.9. The maximum atomic E-state index is 5.84. The molecule has 2 aromatic heterocycles. The van der Waals surface area contributed by atoms with Crippen molar-refractivity contribution in [2.75, 3.05) is 0 Å². The van der Waals surface area contributed by atoms with Crippen LogP contribution in [0.5, 0.6) is 0 Å². The molecule has 6 nitrogen and oxygen atoms in total. The summed E-state index contributed by atoms with van der Waals surface area (Å²) in [6.07, 6.45) is 4.07. The van der Waals surface area contributed by atoms with Gasteiger partial charge in [-0.3, -0.25) is 5.32 Å². The fourth-order valence-corrected chi connectivity index (χ4v) is 2.39. The zero-order valence-electron chi connectivity index (χ0n) is 12.9. The Hall–Kier alpha value is -2.47. The molecule has 1 aliphatic carbocycles. The molecule has 2 heterocycles. The van der Waals surface area contributed by atoms with E-state index in [1.807, 2.05) is 37.3 Å². The molecule has 6 heteroatoms. The second kappa shape index (κ2) is 5.96. The fourth-order valence-electron chi connectivity index (χ4n) is 2.39. The molecule has 1 aliphatic rings. The normalized spacial score (nSPS) is 15.7. The van der Waals surface area contributed by atoms with Gasteiger partial charge in [-0.2, -0.15) is 4.98 Å². The van der Waals surface area contributed by atoms with Crippen molar-refractivity contribution in [2.24, 2.45) is 0 Å². The number of nitrogens with zero attached hydrogens (tertiary/aromatic N) is 3. The summed E-state index contributed by atoms with van der Waals surface area (Å²) in [5.74, 6) is 3.33. The third-order valence-electron chi connectivity index (χ3n) is 3.93. The van der Waals surface area contributed by atoms with Crippen molar-refractivity contribution in [3.05, 3.63) is 54.1 Å². The Bertz CT molecular complexity index is 777. The van der Waals surface area contributed by atoms with Crippen molar-refractivity contribution in [3.8, 4) is 11.3 Å². The average molecular weight is 310 g/mol. The van der Waals surface area contributed by atoms with Gasteiger partial charge in [0.1, 0.15) is 0 Å². The summed E-state index contributed by atoms with van der Waals surface area (Å²) in [5, 5.41) is 7.31. The van der Waals surface area contributed by atoms with E-state index in [1.165, 1.54) is 0 Å². The number of nitrogens with one attached hydrogen (secondary N) is 1. The monoisotopic (exact) mass is 310 g/mol. The molecular weight excluding hydrogens is 292 g/mol. The number of hydrogen-bond donors (Lipinski definition) is 1. The second-order valence-electron chi connectivity index (χ2n) is 5.85. The summed E-state index contributed by atoms with van der Waals surface area (Å²) < 4.78 is 11.1. The highest BCUT2D eigenvalue weighted by molar-refractivity contribution is 5.55. The Morgan fingerprint density at radius 1 is 1.26 bits per heavy atom. The average Bonchev–Trinajstić information content (AvgIpc) is 3.14. The molecule has 0 spiro atoms. The van der Waals surface area contributed by atoms with Gasteiger partial charge in [-0.15, -0.1) is 0 Å². The molecular formula is C17H18N4O2. The maximum Gasteiger partial charge on any atom is 0.229 e. The summed E-state index contributed by atoms with van der Waals surface area (Å²) >= 11 is 0. The van der Waals surface area contributed by atoms with E-state index in [-0.39, 0.29) is 6.04 Å². The van der Waals surface area contributed by atoms with Crippen LogP contribution in [0.3, 0.4) is 0 Å². The maximum absolute atomic E-state index is 5.84. The lowest BCUT2D eigenvalue weighted by molar-refractivity contribution is 0.368. The van der Waals surface area contributed by atoms with E-state index in [1.54, 1.807) is 6.20 Å². The Morgan fingerprint density at radius 2 is 2.09 bits per heavy atom. The predicted octanol–water partition coefficient (Wildman–Crippen LogP) is 3.45. The molecule has 118 valence electrons. The highest BCUT2D eigenvalue weighted by atomic mass is 16.5. The molecule has 1 aromatic carbocycles. The molecule has 0 saturated heterocycles. The van der Waals surface area contributed by atoms with Crippen LogP contribution in [0.4, 0.5) is 0 Å². The molecule has 23 heavy (non-hydrogen) atoms. The lowest BCUT2D eigenvalue weighted by atomic mass is 10.2. The van der Waals surface area contributed by atoms with Crippen LogP contribution in [-0.2, 0) is 6.54 Å². The SMILES string of the molecule is CC(NCc1noc(C2CC2)n1)c1ncc(-c2ccccc2)o1. The number of rotatable bonds is 6. The van der Waals surface area contributed by atoms with E-state index in [0.29, 0.717) is 24.2 Å². The van der Waals surface area contributed by atoms with Crippen LogP contribution >= 0.6 is 0 Å². The van der Waals surface area contributed by atoms with E-state index in [0.717, 1.165) is 30.1 Å². The van der Waals surface area contributed by atoms with Gasteiger partial charge in [0.25, 0.3) is 0 Å². The van der Waals surface area contributed by atoms with Gasteiger partial charge in [0.2, 0.25) is 11.8 Å². The van der Waals surface area contributed by atoms with Crippen molar-refractivity contribution in [2.45, 2.75) is 38.3 Å². The first-order chi connectivity index (χ1) is 11.3. The first kappa shape index (κ1) is 14.1. The Labute approximate surface area is 133 Å². The van der Waals surface area contributed by atoms with Gasteiger partial charge in [-0.25, -0.2) is 4.98 Å². The second-order valence-corrected chi connectivity index (χ2v) is 5.85. The van der Waals surface area contributed by atoms with Crippen LogP contribution < -0.4 is 5.32 Å². The van der Waals surface area contributed by atoms with Crippen molar-refractivity contribution >= 4 is 0 Å². The van der Waals surface area contributed by atoms with E-state index < -0.39 is 0 Å². The van der Waals surface area contributed by atoms with Crippen molar-refractivity contribution in [1.82, 2.24) is 20.4 Å². The van der Waals surface area contributed by atoms with Crippen LogP contribution in [0.25, 0.3) is 11.3 Å². The van der Waals surface area contributed by atoms with Gasteiger partial charge >= 0.3 is 0 Å². The number of aromatic nitrogens is 3. The third kappa shape index (κ3) is 3.17. The van der Waals surface area contributed by atoms with E-state index in [4.69, 9.17) is 8.94 Å². The zero-order chi connectivity index (χ0) is 15.6. The van der Waals surface area contributed by atoms with Crippen LogP contribution in [0.1, 0.15) is 49.3 Å². The summed E-state index contributed by atoms with van der Waals surface area (Å²) in [4.78, 5) is 8.75. The molecule has 0 amide bonds. The van der Waals surface area contributed by atoms with E-state index in [9.17, 15) is 0 Å². The van der Waals surface area contributed by atoms with Gasteiger partial charge in [-0.1, -0.05) is 35.5 Å². The standard InChI is InChI=1S/C17H18N4O2/c1-11(18-10-15-20-17(23-21-15)13-7-8-13)16-19-9-14(22-16)12-5-3-2-4-6-12/h2-6,9,11,13,18H,7-8,10H2,1H3. The molecule has 0 aliphatic heterocycles. The number of oxazole rings is 1. The highest BCUT2D eigenvalue weighted by Crippen LogP contribution is 2.38. The Kier molecular flexibility index (Phi) is 3.67. The minimum atomic E-state index is -0.0321. The minimum absolute atomic E-state index is 0.0321. The van der Waals surface area contributed by atoms with Gasteiger partial charge in [-0.05, 0) is 19.8 Å². The molecule has 0 radical (unpaired) electrons. The summed E-state index contributed by atoms with van der Waals surface area (Å²) in [6.45, 7) is 2.53. The number of benzene rings is 1. The van der Waals surface area contributed by atoms with Gasteiger partial charge < -0.3 is 8.94 Å². The lowest BCUT2D eigenvalue weighted by Crippen LogP contribution is -2.19. The summed E-state index contributed by atoms with van der Waals surface area (Å²) in [6, 6.07) is 9.91. The van der Waals surface area contributed by atoms with Crippen LogP contribution in [0.15, 0.2) is 45.5 Å².